The number of rotatable bonds is 3. The number of hydrogen-bond acceptors (Lipinski definition) is 1. The number of hydrogen-bond donors (Lipinski definition) is 0. The Morgan fingerprint density at radius 3 is 1.71 bits per heavy atom. The highest BCUT2D eigenvalue weighted by atomic mass is 15.0. The van der Waals surface area contributed by atoms with Gasteiger partial charge < -0.3 is 9.13 Å². The molecule has 6 aromatic carbocycles. The van der Waals surface area contributed by atoms with Crippen LogP contribution in [-0.4, -0.2) is 9.13 Å². The summed E-state index contributed by atoms with van der Waals surface area (Å²) >= 11 is 0. The molecular weight excluding hydrogens is 512 g/mol. The van der Waals surface area contributed by atoms with Crippen LogP contribution in [0.4, 0.5) is 5.69 Å². The Kier molecular flexibility index (Phi) is 5.22. The highest BCUT2D eigenvalue weighted by Crippen LogP contribution is 2.44. The largest absolute Gasteiger partial charge is 0.309 e. The summed E-state index contributed by atoms with van der Waals surface area (Å²) in [6.07, 6.45) is 0. The van der Waals surface area contributed by atoms with Gasteiger partial charge in [-0.3, -0.25) is 0 Å². The van der Waals surface area contributed by atoms with Crippen LogP contribution in [0.15, 0.2) is 133 Å². The van der Waals surface area contributed by atoms with Crippen LogP contribution in [0, 0.1) is 17.9 Å². The molecule has 0 aliphatic heterocycles. The fourth-order valence-electron chi connectivity index (χ4n) is 6.41. The van der Waals surface area contributed by atoms with Crippen LogP contribution in [0.1, 0.15) is 5.56 Å². The van der Waals surface area contributed by atoms with E-state index in [1.807, 2.05) is 18.2 Å². The molecule has 0 spiro atoms. The van der Waals surface area contributed by atoms with Gasteiger partial charge in [-0.2, -0.15) is 5.26 Å². The zero-order chi connectivity index (χ0) is 28.2. The second-order valence-electron chi connectivity index (χ2n) is 10.4. The van der Waals surface area contributed by atoms with Gasteiger partial charge in [-0.1, -0.05) is 91.0 Å². The lowest BCUT2D eigenvalue weighted by Crippen LogP contribution is -1.99. The second-order valence-corrected chi connectivity index (χ2v) is 10.4. The van der Waals surface area contributed by atoms with Gasteiger partial charge in [0.2, 0.25) is 5.69 Å². The van der Waals surface area contributed by atoms with Crippen molar-refractivity contribution >= 4 is 49.3 Å². The SMILES string of the molecule is [C-]#[N+]c1c(C#N)cccc1-c1cc2c(cc1-n1c3ccccc3c3ccccc31)c1ccccc1n2-c1ccccc1. The standard InChI is InChI=1S/C38H22N4/c1-40-38-25(24-39)12-11-18-30(38)32-23-36-31(29-17-7-8-19-33(29)41(36)26-13-3-2-4-14-26)22-37(32)42-34-20-9-5-15-27(34)28-16-6-10-21-35(28)42/h2-23H. The number of fused-ring (bicyclic) bond motifs is 6. The Hall–Kier alpha value is -6.10. The van der Waals surface area contributed by atoms with Gasteiger partial charge in [0.1, 0.15) is 0 Å². The van der Waals surface area contributed by atoms with E-state index >= 15 is 0 Å². The zero-order valence-electron chi connectivity index (χ0n) is 22.5. The van der Waals surface area contributed by atoms with Crippen molar-refractivity contribution in [1.29, 1.82) is 5.26 Å². The molecule has 4 heteroatoms. The fraction of sp³-hybridized carbons (Fsp3) is 0. The lowest BCUT2D eigenvalue weighted by Gasteiger charge is -2.17. The minimum Gasteiger partial charge on any atom is -0.309 e. The molecule has 4 nitrogen and oxygen atoms in total. The van der Waals surface area contributed by atoms with E-state index in [9.17, 15) is 5.26 Å². The third-order valence-corrected chi connectivity index (χ3v) is 8.18. The molecule has 8 aromatic rings. The highest BCUT2D eigenvalue weighted by molar-refractivity contribution is 6.14. The van der Waals surface area contributed by atoms with Crippen LogP contribution in [0.5, 0.6) is 0 Å². The summed E-state index contributed by atoms with van der Waals surface area (Å²) < 4.78 is 4.59. The molecule has 0 amide bonds. The summed E-state index contributed by atoms with van der Waals surface area (Å²) in [5, 5.41) is 14.5. The van der Waals surface area contributed by atoms with E-state index in [-0.39, 0.29) is 0 Å². The van der Waals surface area contributed by atoms with Crippen molar-refractivity contribution < 1.29 is 0 Å². The average molecular weight is 535 g/mol. The number of benzene rings is 6. The Bertz CT molecular complexity index is 2380. The van der Waals surface area contributed by atoms with Crippen molar-refractivity contribution in [3.05, 3.63) is 150 Å². The zero-order valence-corrected chi connectivity index (χ0v) is 22.5. The summed E-state index contributed by atoms with van der Waals surface area (Å²) in [6, 6.07) is 48.0. The summed E-state index contributed by atoms with van der Waals surface area (Å²) in [6.45, 7) is 8.07. The van der Waals surface area contributed by atoms with E-state index in [2.05, 4.69) is 129 Å². The quantitative estimate of drug-likeness (QED) is 0.208. The van der Waals surface area contributed by atoms with E-state index in [1.54, 1.807) is 6.07 Å². The maximum atomic E-state index is 9.91. The van der Waals surface area contributed by atoms with E-state index < -0.39 is 0 Å². The number of para-hydroxylation sites is 5. The molecule has 0 atom stereocenters. The topological polar surface area (TPSA) is 38.0 Å². The normalized spacial score (nSPS) is 11.3. The maximum Gasteiger partial charge on any atom is 0.212 e. The van der Waals surface area contributed by atoms with Gasteiger partial charge >= 0.3 is 0 Å². The minimum absolute atomic E-state index is 0.365. The molecule has 0 bridgehead atoms. The van der Waals surface area contributed by atoms with Crippen molar-refractivity contribution in [3.8, 4) is 28.6 Å². The van der Waals surface area contributed by atoms with Crippen molar-refractivity contribution in [2.24, 2.45) is 0 Å². The predicted octanol–water partition coefficient (Wildman–Crippen LogP) is 9.97. The third-order valence-electron chi connectivity index (χ3n) is 8.18. The Morgan fingerprint density at radius 1 is 0.524 bits per heavy atom. The van der Waals surface area contributed by atoms with Crippen molar-refractivity contribution in [2.45, 2.75) is 0 Å². The first-order valence-electron chi connectivity index (χ1n) is 13.8. The average Bonchev–Trinajstić information content (AvgIpc) is 3.56. The van der Waals surface area contributed by atoms with Gasteiger partial charge in [0, 0.05) is 27.2 Å². The summed E-state index contributed by atoms with van der Waals surface area (Å²) in [7, 11) is 0. The molecule has 0 N–H and O–H groups in total. The highest BCUT2D eigenvalue weighted by Gasteiger charge is 2.22. The molecule has 0 aliphatic carbocycles. The molecule has 0 unspecified atom stereocenters. The molecule has 194 valence electrons. The van der Waals surface area contributed by atoms with Crippen LogP contribution in [0.2, 0.25) is 0 Å². The minimum atomic E-state index is 0.365. The van der Waals surface area contributed by atoms with E-state index in [4.69, 9.17) is 6.57 Å². The second kappa shape index (κ2) is 9.24. The summed E-state index contributed by atoms with van der Waals surface area (Å²) in [5.41, 5.74) is 8.75. The molecule has 0 fully saturated rings. The van der Waals surface area contributed by atoms with Crippen molar-refractivity contribution in [3.63, 3.8) is 0 Å². The predicted molar refractivity (Wildman–Crippen MR) is 172 cm³/mol. The Morgan fingerprint density at radius 2 is 1.10 bits per heavy atom. The molecule has 0 saturated carbocycles. The Balaban J connectivity index is 1.61. The van der Waals surface area contributed by atoms with E-state index in [0.717, 1.165) is 55.3 Å². The van der Waals surface area contributed by atoms with Crippen LogP contribution < -0.4 is 0 Å². The van der Waals surface area contributed by atoms with Gasteiger partial charge in [0.15, 0.2) is 0 Å². The van der Waals surface area contributed by atoms with Gasteiger partial charge in [0.05, 0.1) is 46.0 Å². The van der Waals surface area contributed by atoms with Gasteiger partial charge in [-0.25, -0.2) is 4.85 Å². The first kappa shape index (κ1) is 23.8. The van der Waals surface area contributed by atoms with Crippen molar-refractivity contribution in [2.75, 3.05) is 0 Å². The third kappa shape index (κ3) is 3.33. The van der Waals surface area contributed by atoms with Crippen LogP contribution >= 0.6 is 0 Å². The van der Waals surface area contributed by atoms with Gasteiger partial charge in [-0.15, -0.1) is 0 Å². The van der Waals surface area contributed by atoms with Crippen LogP contribution in [0.25, 0.3) is 71.0 Å². The molecule has 2 aromatic heterocycles. The molecule has 42 heavy (non-hydrogen) atoms. The first-order chi connectivity index (χ1) is 20.8. The summed E-state index contributed by atoms with van der Waals surface area (Å²) in [5.74, 6) is 0. The molecular formula is C38H22N4. The van der Waals surface area contributed by atoms with E-state index in [1.165, 1.54) is 10.8 Å². The fourth-order valence-corrected chi connectivity index (χ4v) is 6.41. The maximum absolute atomic E-state index is 9.91. The molecule has 0 aliphatic rings. The lowest BCUT2D eigenvalue weighted by atomic mass is 9.97. The number of aromatic nitrogens is 2. The van der Waals surface area contributed by atoms with Crippen LogP contribution in [0.3, 0.4) is 0 Å². The van der Waals surface area contributed by atoms with Crippen molar-refractivity contribution in [1.82, 2.24) is 9.13 Å². The van der Waals surface area contributed by atoms with Gasteiger partial charge in [0.25, 0.3) is 0 Å². The molecule has 0 saturated heterocycles. The molecule has 8 rings (SSSR count). The number of nitriles is 1. The summed E-state index contributed by atoms with van der Waals surface area (Å²) in [4.78, 5) is 3.88. The molecule has 2 heterocycles. The number of nitrogens with zero attached hydrogens (tertiary/aromatic N) is 4. The Labute approximate surface area is 242 Å². The van der Waals surface area contributed by atoms with Gasteiger partial charge in [-0.05, 0) is 53.6 Å². The van der Waals surface area contributed by atoms with E-state index in [0.29, 0.717) is 11.3 Å². The lowest BCUT2D eigenvalue weighted by molar-refractivity contribution is 1.17. The first-order valence-corrected chi connectivity index (χ1v) is 13.8. The smallest absolute Gasteiger partial charge is 0.212 e. The van der Waals surface area contributed by atoms with Crippen LogP contribution in [-0.2, 0) is 0 Å². The molecule has 0 radical (unpaired) electrons. The monoisotopic (exact) mass is 534 g/mol.